The van der Waals surface area contributed by atoms with Gasteiger partial charge in [-0.05, 0) is 42.5 Å². The topological polar surface area (TPSA) is 83.3 Å². The van der Waals surface area contributed by atoms with Crippen molar-refractivity contribution in [1.82, 2.24) is 24.8 Å². The molecule has 0 aliphatic carbocycles. The van der Waals surface area contributed by atoms with Gasteiger partial charge in [-0.25, -0.2) is 8.78 Å². The van der Waals surface area contributed by atoms with Crippen LogP contribution in [-0.4, -0.2) is 56.6 Å². The zero-order chi connectivity index (χ0) is 23.9. The SMILES string of the molecule is O=C(Cn1c(O)nc(-c2ccc(Cl)cc2)c1-c1ccnc(C(F)F)c1)N1CCC2(CC1)CNC2. The van der Waals surface area contributed by atoms with Crippen LogP contribution in [0.25, 0.3) is 22.5 Å². The van der Waals surface area contributed by atoms with E-state index in [2.05, 4.69) is 15.3 Å². The molecule has 1 spiro atoms. The molecule has 2 N–H and O–H groups in total. The van der Waals surface area contributed by atoms with Crippen molar-refractivity contribution in [3.63, 3.8) is 0 Å². The summed E-state index contributed by atoms with van der Waals surface area (Å²) in [5.41, 5.74) is 1.65. The highest BCUT2D eigenvalue weighted by Crippen LogP contribution is 2.38. The predicted molar refractivity (Wildman–Crippen MR) is 124 cm³/mol. The second kappa shape index (κ2) is 8.96. The molecule has 5 rings (SSSR count). The molecule has 2 aliphatic heterocycles. The number of nitrogens with one attached hydrogen (secondary N) is 1. The Kier molecular flexibility index (Phi) is 5.99. The average Bonchev–Trinajstić information content (AvgIpc) is 3.14. The Morgan fingerprint density at radius 3 is 2.47 bits per heavy atom. The maximum Gasteiger partial charge on any atom is 0.295 e. The molecule has 0 radical (unpaired) electrons. The van der Waals surface area contributed by atoms with Crippen LogP contribution in [0.15, 0.2) is 42.6 Å². The van der Waals surface area contributed by atoms with E-state index in [-0.39, 0.29) is 18.5 Å². The fourth-order valence-corrected chi connectivity index (χ4v) is 4.83. The maximum atomic E-state index is 13.4. The minimum atomic E-state index is -2.76. The van der Waals surface area contributed by atoms with Crippen molar-refractivity contribution >= 4 is 17.5 Å². The molecule has 0 unspecified atom stereocenters. The molecule has 2 aliphatic rings. The number of amides is 1. The Hall–Kier alpha value is -3.04. The quantitative estimate of drug-likeness (QED) is 0.565. The summed E-state index contributed by atoms with van der Waals surface area (Å²) in [5.74, 6) is -0.151. The van der Waals surface area contributed by atoms with Gasteiger partial charge in [0.05, 0.1) is 5.69 Å². The fraction of sp³-hybridized carbons (Fsp3) is 0.375. The summed E-state index contributed by atoms with van der Waals surface area (Å²) in [6.45, 7) is 3.13. The minimum absolute atomic E-state index is 0.151. The first-order valence-corrected chi connectivity index (χ1v) is 11.5. The molecule has 10 heteroatoms. The third-order valence-electron chi connectivity index (χ3n) is 6.81. The molecule has 34 heavy (non-hydrogen) atoms. The van der Waals surface area contributed by atoms with Gasteiger partial charge in [-0.15, -0.1) is 0 Å². The van der Waals surface area contributed by atoms with E-state index < -0.39 is 12.1 Å². The second-order valence-corrected chi connectivity index (χ2v) is 9.39. The molecule has 0 saturated carbocycles. The van der Waals surface area contributed by atoms with Crippen LogP contribution in [0.3, 0.4) is 0 Å². The van der Waals surface area contributed by atoms with E-state index in [1.165, 1.54) is 16.8 Å². The number of likely N-dealkylation sites (tertiary alicyclic amines) is 1. The first-order chi connectivity index (χ1) is 16.3. The van der Waals surface area contributed by atoms with E-state index in [1.54, 1.807) is 35.2 Å². The van der Waals surface area contributed by atoms with Gasteiger partial charge in [-0.1, -0.05) is 23.7 Å². The zero-order valence-corrected chi connectivity index (χ0v) is 19.1. The van der Waals surface area contributed by atoms with Crippen LogP contribution < -0.4 is 5.32 Å². The molecule has 2 saturated heterocycles. The summed E-state index contributed by atoms with van der Waals surface area (Å²) in [7, 11) is 0. The van der Waals surface area contributed by atoms with E-state index in [0.717, 1.165) is 25.9 Å². The van der Waals surface area contributed by atoms with Gasteiger partial charge in [0.15, 0.2) is 0 Å². The molecule has 4 heterocycles. The van der Waals surface area contributed by atoms with E-state index in [9.17, 15) is 18.7 Å². The summed E-state index contributed by atoms with van der Waals surface area (Å²) < 4.78 is 28.1. The molecule has 2 aromatic heterocycles. The number of nitrogens with zero attached hydrogens (tertiary/aromatic N) is 4. The zero-order valence-electron chi connectivity index (χ0n) is 18.3. The van der Waals surface area contributed by atoms with Crippen molar-refractivity contribution < 1.29 is 18.7 Å². The van der Waals surface area contributed by atoms with Gasteiger partial charge in [0.1, 0.15) is 17.9 Å². The molecule has 2 fully saturated rings. The van der Waals surface area contributed by atoms with Crippen LogP contribution >= 0.6 is 11.6 Å². The van der Waals surface area contributed by atoms with Crippen molar-refractivity contribution in [2.24, 2.45) is 5.41 Å². The second-order valence-electron chi connectivity index (χ2n) is 8.96. The summed E-state index contributed by atoms with van der Waals surface area (Å²) in [6.07, 6.45) is 0.404. The lowest BCUT2D eigenvalue weighted by Crippen LogP contribution is -2.59. The Labute approximate surface area is 200 Å². The van der Waals surface area contributed by atoms with Crippen molar-refractivity contribution in [2.45, 2.75) is 25.8 Å². The van der Waals surface area contributed by atoms with Crippen molar-refractivity contribution in [3.8, 4) is 28.5 Å². The summed E-state index contributed by atoms with van der Waals surface area (Å²) >= 11 is 6.02. The molecule has 0 atom stereocenters. The molecule has 1 amide bonds. The Bertz CT molecular complexity index is 1200. The Balaban J connectivity index is 1.51. The third-order valence-corrected chi connectivity index (χ3v) is 7.07. The maximum absolute atomic E-state index is 13.4. The molecule has 178 valence electrons. The van der Waals surface area contributed by atoms with Gasteiger partial charge < -0.3 is 15.3 Å². The number of imidazole rings is 1. The van der Waals surface area contributed by atoms with Crippen LogP contribution in [0.1, 0.15) is 25.0 Å². The van der Waals surface area contributed by atoms with E-state index in [1.807, 2.05) is 0 Å². The van der Waals surface area contributed by atoms with Gasteiger partial charge in [-0.2, -0.15) is 4.98 Å². The van der Waals surface area contributed by atoms with Gasteiger partial charge in [0.2, 0.25) is 5.91 Å². The smallest absolute Gasteiger partial charge is 0.295 e. The number of benzene rings is 1. The van der Waals surface area contributed by atoms with Crippen molar-refractivity contribution in [2.75, 3.05) is 26.2 Å². The number of aromatic nitrogens is 3. The van der Waals surface area contributed by atoms with Crippen molar-refractivity contribution in [1.29, 1.82) is 0 Å². The lowest BCUT2D eigenvalue weighted by Gasteiger charge is -2.48. The predicted octanol–water partition coefficient (Wildman–Crippen LogP) is 4.12. The number of hydrogen-bond donors (Lipinski definition) is 2. The van der Waals surface area contributed by atoms with E-state index >= 15 is 0 Å². The van der Waals surface area contributed by atoms with Gasteiger partial charge in [-0.3, -0.25) is 14.3 Å². The highest BCUT2D eigenvalue weighted by molar-refractivity contribution is 6.30. The van der Waals surface area contributed by atoms with Crippen LogP contribution in [0, 0.1) is 5.41 Å². The number of aromatic hydroxyl groups is 1. The standard InChI is InChI=1S/C24H24ClF2N5O2/c25-17-3-1-15(2-4-17)20-21(16-5-8-29-18(11-16)22(26)27)32(23(34)30-20)12-19(33)31-9-6-24(7-10-31)13-28-14-24/h1-5,8,11,22,28H,6-7,9-10,12-14H2,(H,30,34). The molecule has 3 aromatic rings. The molecule has 7 nitrogen and oxygen atoms in total. The Morgan fingerprint density at radius 1 is 1.15 bits per heavy atom. The first-order valence-electron chi connectivity index (χ1n) is 11.1. The van der Waals surface area contributed by atoms with Gasteiger partial charge in [0, 0.05) is 48.5 Å². The monoisotopic (exact) mass is 487 g/mol. The highest BCUT2D eigenvalue weighted by Gasteiger charge is 2.40. The number of halogens is 3. The Morgan fingerprint density at radius 2 is 1.85 bits per heavy atom. The number of carbonyl (C=O) groups excluding carboxylic acids is 1. The van der Waals surface area contributed by atoms with Crippen LogP contribution in [0.5, 0.6) is 6.01 Å². The van der Waals surface area contributed by atoms with Crippen molar-refractivity contribution in [3.05, 3.63) is 53.3 Å². The molecular formula is C24H24ClF2N5O2. The fourth-order valence-electron chi connectivity index (χ4n) is 4.71. The number of carbonyl (C=O) groups is 1. The lowest BCUT2D eigenvalue weighted by atomic mass is 9.73. The number of hydrogen-bond acceptors (Lipinski definition) is 5. The number of alkyl halides is 2. The van der Waals surface area contributed by atoms with E-state index in [4.69, 9.17) is 11.6 Å². The molecular weight excluding hydrogens is 464 g/mol. The average molecular weight is 488 g/mol. The van der Waals surface area contributed by atoms with Gasteiger partial charge >= 0.3 is 0 Å². The molecule has 0 bridgehead atoms. The lowest BCUT2D eigenvalue weighted by molar-refractivity contribution is -0.134. The minimum Gasteiger partial charge on any atom is -0.480 e. The normalized spacial score (nSPS) is 17.2. The van der Waals surface area contributed by atoms with Crippen LogP contribution in [-0.2, 0) is 11.3 Å². The third kappa shape index (κ3) is 4.25. The summed E-state index contributed by atoms with van der Waals surface area (Å²) in [6, 6.07) is 9.28. The number of rotatable bonds is 5. The van der Waals surface area contributed by atoms with E-state index in [0.29, 0.717) is 46.0 Å². The largest absolute Gasteiger partial charge is 0.480 e. The highest BCUT2D eigenvalue weighted by atomic mass is 35.5. The van der Waals surface area contributed by atoms with Crippen LogP contribution in [0.2, 0.25) is 5.02 Å². The molecule has 1 aromatic carbocycles. The van der Waals surface area contributed by atoms with Crippen LogP contribution in [0.4, 0.5) is 8.78 Å². The number of pyridine rings is 1. The summed E-state index contributed by atoms with van der Waals surface area (Å²) in [4.78, 5) is 23.0. The number of piperidine rings is 1. The summed E-state index contributed by atoms with van der Waals surface area (Å²) in [5, 5.41) is 14.6. The van der Waals surface area contributed by atoms with Gasteiger partial charge in [0.25, 0.3) is 12.4 Å². The first kappa shape index (κ1) is 22.7.